The number of para-hydroxylation sites is 2. The Balaban J connectivity index is 0.977. The van der Waals surface area contributed by atoms with Gasteiger partial charge in [0.1, 0.15) is 29.2 Å². The minimum Gasteiger partial charge on any atom is -0.497 e. The first kappa shape index (κ1) is 35.4. The van der Waals surface area contributed by atoms with Gasteiger partial charge >= 0.3 is 6.18 Å². The summed E-state index contributed by atoms with van der Waals surface area (Å²) in [5.74, 6) is 1.11. The highest BCUT2D eigenvalue weighted by atomic mass is 19.4. The number of methoxy groups -OCH3 is 1. The molecule has 0 atom stereocenters. The number of unbranched alkanes of at least 4 members (excludes halogenated alkanes) is 1. The fourth-order valence-corrected chi connectivity index (χ4v) is 7.84. The smallest absolute Gasteiger partial charge is 0.405 e. The van der Waals surface area contributed by atoms with E-state index in [0.29, 0.717) is 48.6 Å². The molecule has 0 aliphatic carbocycles. The number of hydrogen-bond acceptors (Lipinski definition) is 6. The van der Waals surface area contributed by atoms with Crippen molar-refractivity contribution in [1.29, 1.82) is 0 Å². The van der Waals surface area contributed by atoms with Crippen LogP contribution in [-0.4, -0.2) is 80.7 Å². The molecule has 0 spiro atoms. The number of amides is 2. The Kier molecular flexibility index (Phi) is 10.1. The van der Waals surface area contributed by atoms with Crippen LogP contribution in [0.2, 0.25) is 0 Å². The third-order valence-corrected chi connectivity index (χ3v) is 10.5. The summed E-state index contributed by atoms with van der Waals surface area (Å²) in [5, 5.41) is 2.20. The predicted molar refractivity (Wildman–Crippen MR) is 193 cm³/mol. The Morgan fingerprint density at radius 3 is 2.27 bits per heavy atom. The van der Waals surface area contributed by atoms with Crippen LogP contribution in [-0.2, 0) is 23.2 Å². The monoisotopic (exact) mass is 712 g/mol. The zero-order valence-corrected chi connectivity index (χ0v) is 29.3. The van der Waals surface area contributed by atoms with E-state index in [-0.39, 0.29) is 5.91 Å². The second kappa shape index (κ2) is 14.9. The molecule has 1 N–H and O–H groups in total. The number of ether oxygens (including phenoxy) is 2. The maximum absolute atomic E-state index is 13.9. The average molecular weight is 713 g/mol. The zero-order valence-electron chi connectivity index (χ0n) is 29.3. The fraction of sp³-hybridized carbons (Fsp3) is 0.366. The van der Waals surface area contributed by atoms with Crippen LogP contribution in [0.5, 0.6) is 17.2 Å². The number of carbonyl (C=O) groups excluding carboxylic acids is 2. The van der Waals surface area contributed by atoms with Gasteiger partial charge in [0, 0.05) is 61.6 Å². The van der Waals surface area contributed by atoms with E-state index >= 15 is 0 Å². The van der Waals surface area contributed by atoms with Gasteiger partial charge in [0.15, 0.2) is 0 Å². The molecule has 0 radical (unpaired) electrons. The third-order valence-electron chi connectivity index (χ3n) is 10.5. The highest BCUT2D eigenvalue weighted by Crippen LogP contribution is 2.51. The number of nitrogens with zero attached hydrogens (tertiary/aromatic N) is 3. The summed E-state index contributed by atoms with van der Waals surface area (Å²) in [7, 11) is 1.64. The molecule has 52 heavy (non-hydrogen) atoms. The van der Waals surface area contributed by atoms with Crippen molar-refractivity contribution in [2.75, 3.05) is 57.8 Å². The van der Waals surface area contributed by atoms with Crippen molar-refractivity contribution in [3.8, 4) is 17.2 Å². The number of anilines is 1. The molecule has 1 fully saturated rings. The van der Waals surface area contributed by atoms with Crippen LogP contribution in [0.3, 0.4) is 0 Å². The molecule has 1 saturated heterocycles. The van der Waals surface area contributed by atoms with Gasteiger partial charge in [0.05, 0.1) is 7.11 Å². The first-order valence-corrected chi connectivity index (χ1v) is 17.9. The van der Waals surface area contributed by atoms with Crippen LogP contribution >= 0.6 is 0 Å². The topological polar surface area (TPSA) is 74.3 Å². The SMILES string of the molecule is COc1cccc(CN2CCc3ccc(N4CCN(CCCCC5(C(=O)NCC(F)(F)F)c6ccccc6Oc6ccccc65)CC4)cc3C2=O)c1. The van der Waals surface area contributed by atoms with Gasteiger partial charge in [-0.3, -0.25) is 14.5 Å². The van der Waals surface area contributed by atoms with Gasteiger partial charge in [-0.15, -0.1) is 0 Å². The van der Waals surface area contributed by atoms with Crippen LogP contribution in [0.1, 0.15) is 51.9 Å². The van der Waals surface area contributed by atoms with Crippen LogP contribution < -0.4 is 19.7 Å². The van der Waals surface area contributed by atoms with E-state index < -0.39 is 24.0 Å². The minimum absolute atomic E-state index is 0.0455. The van der Waals surface area contributed by atoms with Gasteiger partial charge in [-0.05, 0) is 73.3 Å². The Labute approximate surface area is 302 Å². The van der Waals surface area contributed by atoms with Crippen molar-refractivity contribution in [2.45, 2.75) is 43.8 Å². The number of nitrogens with one attached hydrogen (secondary N) is 1. The molecule has 8 nitrogen and oxygen atoms in total. The van der Waals surface area contributed by atoms with Gasteiger partial charge in [0.2, 0.25) is 5.91 Å². The number of rotatable bonds is 11. The third kappa shape index (κ3) is 7.32. The lowest BCUT2D eigenvalue weighted by molar-refractivity contribution is -0.141. The van der Waals surface area contributed by atoms with Crippen molar-refractivity contribution >= 4 is 17.5 Å². The molecule has 3 aliphatic heterocycles. The second-order valence-corrected chi connectivity index (χ2v) is 13.8. The molecule has 272 valence electrons. The maximum atomic E-state index is 13.9. The first-order chi connectivity index (χ1) is 25.1. The summed E-state index contributed by atoms with van der Waals surface area (Å²) in [6, 6.07) is 28.3. The number of piperazine rings is 1. The van der Waals surface area contributed by atoms with Crippen molar-refractivity contribution in [3.05, 3.63) is 119 Å². The average Bonchev–Trinajstić information content (AvgIpc) is 3.16. The molecule has 4 aromatic rings. The van der Waals surface area contributed by atoms with E-state index in [4.69, 9.17) is 9.47 Å². The zero-order chi connectivity index (χ0) is 36.3. The van der Waals surface area contributed by atoms with Gasteiger partial charge < -0.3 is 24.6 Å². The lowest BCUT2D eigenvalue weighted by atomic mass is 9.68. The Morgan fingerprint density at radius 1 is 0.865 bits per heavy atom. The Bertz CT molecular complexity index is 1880. The molecule has 3 aliphatic rings. The van der Waals surface area contributed by atoms with E-state index in [0.717, 1.165) is 73.7 Å². The normalized spacial score (nSPS) is 16.7. The lowest BCUT2D eigenvalue weighted by Crippen LogP contribution is -2.49. The van der Waals surface area contributed by atoms with Gasteiger partial charge in [0.25, 0.3) is 5.91 Å². The lowest BCUT2D eigenvalue weighted by Gasteiger charge is -2.39. The Hall–Kier alpha value is -5.03. The molecule has 0 bridgehead atoms. The molecular weight excluding hydrogens is 669 g/mol. The van der Waals surface area contributed by atoms with E-state index in [2.05, 4.69) is 27.2 Å². The molecule has 3 heterocycles. The fourth-order valence-electron chi connectivity index (χ4n) is 7.84. The molecule has 0 aromatic heterocycles. The molecule has 11 heteroatoms. The highest BCUT2D eigenvalue weighted by molar-refractivity contribution is 5.98. The summed E-state index contributed by atoms with van der Waals surface area (Å²) >= 11 is 0. The molecule has 2 amide bonds. The van der Waals surface area contributed by atoms with Gasteiger partial charge in [-0.1, -0.05) is 61.0 Å². The number of benzene rings is 4. The van der Waals surface area contributed by atoms with E-state index in [1.807, 2.05) is 35.2 Å². The summed E-state index contributed by atoms with van der Waals surface area (Å²) in [6.07, 6.45) is -1.98. The molecular formula is C41H43F3N4O4. The summed E-state index contributed by atoms with van der Waals surface area (Å²) in [4.78, 5) is 34.1. The van der Waals surface area contributed by atoms with Crippen molar-refractivity contribution in [2.24, 2.45) is 0 Å². The number of halogens is 3. The van der Waals surface area contributed by atoms with Crippen LogP contribution in [0.25, 0.3) is 0 Å². The van der Waals surface area contributed by atoms with Crippen LogP contribution in [0.15, 0.2) is 91.0 Å². The van der Waals surface area contributed by atoms with Gasteiger partial charge in [-0.25, -0.2) is 0 Å². The second-order valence-electron chi connectivity index (χ2n) is 13.8. The van der Waals surface area contributed by atoms with Crippen LogP contribution in [0.4, 0.5) is 18.9 Å². The number of fused-ring (bicyclic) bond motifs is 3. The molecule has 4 aromatic carbocycles. The summed E-state index contributed by atoms with van der Waals surface area (Å²) in [5.41, 5.74) is 3.75. The standard InChI is InChI=1S/C41H43F3N4O4/c1-51-32-10-8-9-29(25-32)27-48-20-17-30-15-16-31(26-33(30)38(48)49)47-23-21-46(22-24-47)19-7-6-18-40(39(50)45-28-41(42,43)44)34-11-2-4-13-36(34)52-37-14-5-3-12-35(37)40/h2-5,8-16,25-26H,6-7,17-24,27-28H2,1H3,(H,45,50). The van der Waals surface area contributed by atoms with E-state index in [1.54, 1.807) is 55.6 Å². The van der Waals surface area contributed by atoms with Crippen LogP contribution in [0, 0.1) is 0 Å². The Morgan fingerprint density at radius 2 is 1.58 bits per heavy atom. The van der Waals surface area contributed by atoms with E-state index in [9.17, 15) is 22.8 Å². The largest absolute Gasteiger partial charge is 0.497 e. The van der Waals surface area contributed by atoms with Gasteiger partial charge in [-0.2, -0.15) is 13.2 Å². The number of alkyl halides is 3. The maximum Gasteiger partial charge on any atom is 0.405 e. The number of hydrogen-bond donors (Lipinski definition) is 1. The predicted octanol–water partition coefficient (Wildman–Crippen LogP) is 6.96. The highest BCUT2D eigenvalue weighted by Gasteiger charge is 2.48. The quantitative estimate of drug-likeness (QED) is 0.170. The summed E-state index contributed by atoms with van der Waals surface area (Å²) in [6.45, 7) is 3.90. The molecule has 7 rings (SSSR count). The summed E-state index contributed by atoms with van der Waals surface area (Å²) < 4.78 is 51.3. The number of carbonyl (C=O) groups is 2. The first-order valence-electron chi connectivity index (χ1n) is 17.9. The van der Waals surface area contributed by atoms with E-state index in [1.165, 1.54) is 0 Å². The van der Waals surface area contributed by atoms with Crippen molar-refractivity contribution in [3.63, 3.8) is 0 Å². The molecule has 0 saturated carbocycles. The van der Waals surface area contributed by atoms with Crippen molar-refractivity contribution in [1.82, 2.24) is 15.1 Å². The van der Waals surface area contributed by atoms with Crippen molar-refractivity contribution < 1.29 is 32.2 Å². The minimum atomic E-state index is -4.53. The molecule has 0 unspecified atom stereocenters.